The van der Waals surface area contributed by atoms with Crippen LogP contribution in [-0.4, -0.2) is 28.5 Å². The van der Waals surface area contributed by atoms with Gasteiger partial charge in [0, 0.05) is 19.5 Å². The average Bonchev–Trinajstić information content (AvgIpc) is 3.18. The van der Waals surface area contributed by atoms with E-state index in [9.17, 15) is 0 Å². The summed E-state index contributed by atoms with van der Waals surface area (Å²) >= 11 is 3.57. The zero-order chi connectivity index (χ0) is 17.1. The van der Waals surface area contributed by atoms with Gasteiger partial charge in [0.2, 0.25) is 0 Å². The van der Waals surface area contributed by atoms with Crippen LogP contribution in [0.4, 0.5) is 0 Å². The number of rotatable bonds is 7. The summed E-state index contributed by atoms with van der Waals surface area (Å²) in [5, 5.41) is 12.1. The van der Waals surface area contributed by atoms with Gasteiger partial charge in [-0.3, -0.25) is 0 Å². The second kappa shape index (κ2) is 7.53. The standard InChI is InChI=1S/C17H23BrN4O2/c1-4-24-16-13(18)8-12(9-14(16)23-3)10-19-11(2)17-21-20-15-6-5-7-22(15)17/h8-9,11,19H,4-7,10H2,1-3H3. The van der Waals surface area contributed by atoms with Crippen LogP contribution in [-0.2, 0) is 19.5 Å². The molecule has 1 aliphatic heterocycles. The first-order chi connectivity index (χ1) is 11.6. The fourth-order valence-corrected chi connectivity index (χ4v) is 3.62. The van der Waals surface area contributed by atoms with Crippen molar-refractivity contribution in [3.63, 3.8) is 0 Å². The van der Waals surface area contributed by atoms with E-state index in [0.717, 1.165) is 52.6 Å². The normalized spacial score (nSPS) is 14.5. The SMILES string of the molecule is CCOc1c(Br)cc(CNC(C)c2nnc3n2CCC3)cc1OC. The quantitative estimate of drug-likeness (QED) is 0.780. The van der Waals surface area contributed by atoms with Gasteiger partial charge in [0.15, 0.2) is 11.5 Å². The molecule has 0 fully saturated rings. The Morgan fingerprint density at radius 2 is 2.21 bits per heavy atom. The molecule has 1 unspecified atom stereocenters. The lowest BCUT2D eigenvalue weighted by atomic mass is 10.2. The Morgan fingerprint density at radius 1 is 1.38 bits per heavy atom. The third kappa shape index (κ3) is 3.42. The molecule has 0 spiro atoms. The van der Waals surface area contributed by atoms with Crippen LogP contribution in [0.25, 0.3) is 0 Å². The average molecular weight is 395 g/mol. The van der Waals surface area contributed by atoms with E-state index in [1.807, 2.05) is 13.0 Å². The van der Waals surface area contributed by atoms with Gasteiger partial charge in [-0.1, -0.05) is 0 Å². The molecule has 0 bridgehead atoms. The lowest BCUT2D eigenvalue weighted by Gasteiger charge is -2.16. The van der Waals surface area contributed by atoms with Crippen molar-refractivity contribution in [3.05, 3.63) is 33.8 Å². The molecule has 6 nitrogen and oxygen atoms in total. The smallest absolute Gasteiger partial charge is 0.175 e. The molecule has 130 valence electrons. The maximum Gasteiger partial charge on any atom is 0.175 e. The molecular formula is C17H23BrN4O2. The highest BCUT2D eigenvalue weighted by Gasteiger charge is 2.21. The number of aromatic nitrogens is 3. The van der Waals surface area contributed by atoms with E-state index in [1.165, 1.54) is 0 Å². The molecule has 2 aromatic rings. The van der Waals surface area contributed by atoms with Crippen molar-refractivity contribution in [1.82, 2.24) is 20.1 Å². The molecule has 7 heteroatoms. The van der Waals surface area contributed by atoms with E-state index in [4.69, 9.17) is 9.47 Å². The number of nitrogens with zero attached hydrogens (tertiary/aromatic N) is 3. The maximum absolute atomic E-state index is 5.63. The van der Waals surface area contributed by atoms with Crippen LogP contribution >= 0.6 is 15.9 Å². The second-order valence-corrected chi connectivity index (χ2v) is 6.73. The van der Waals surface area contributed by atoms with Gasteiger partial charge >= 0.3 is 0 Å². The lowest BCUT2D eigenvalue weighted by molar-refractivity contribution is 0.308. The summed E-state index contributed by atoms with van der Waals surface area (Å²) in [7, 11) is 1.66. The second-order valence-electron chi connectivity index (χ2n) is 5.87. The van der Waals surface area contributed by atoms with Gasteiger partial charge in [-0.05, 0) is 53.9 Å². The molecule has 0 saturated heterocycles. The van der Waals surface area contributed by atoms with E-state index in [0.29, 0.717) is 13.2 Å². The van der Waals surface area contributed by atoms with Gasteiger partial charge in [0.25, 0.3) is 0 Å². The molecule has 3 rings (SSSR count). The van der Waals surface area contributed by atoms with Gasteiger partial charge in [-0.15, -0.1) is 10.2 Å². The summed E-state index contributed by atoms with van der Waals surface area (Å²) in [4.78, 5) is 0. The number of benzene rings is 1. The summed E-state index contributed by atoms with van der Waals surface area (Å²) < 4.78 is 14.2. The Balaban J connectivity index is 1.71. The van der Waals surface area contributed by atoms with Crippen LogP contribution in [0.3, 0.4) is 0 Å². The van der Waals surface area contributed by atoms with Crippen molar-refractivity contribution < 1.29 is 9.47 Å². The molecule has 1 N–H and O–H groups in total. The zero-order valence-corrected chi connectivity index (χ0v) is 15.9. The van der Waals surface area contributed by atoms with Crippen molar-refractivity contribution >= 4 is 15.9 Å². The monoisotopic (exact) mass is 394 g/mol. The van der Waals surface area contributed by atoms with Gasteiger partial charge in [-0.2, -0.15) is 0 Å². The molecule has 0 radical (unpaired) electrons. The highest BCUT2D eigenvalue weighted by atomic mass is 79.9. The zero-order valence-electron chi connectivity index (χ0n) is 14.3. The highest BCUT2D eigenvalue weighted by Crippen LogP contribution is 2.36. The number of hydrogen-bond acceptors (Lipinski definition) is 5. The molecule has 0 amide bonds. The Bertz CT molecular complexity index is 717. The summed E-state index contributed by atoms with van der Waals surface area (Å²) in [6.45, 7) is 6.41. The summed E-state index contributed by atoms with van der Waals surface area (Å²) in [5.74, 6) is 3.59. The molecule has 0 saturated carbocycles. The van der Waals surface area contributed by atoms with E-state index >= 15 is 0 Å². The minimum Gasteiger partial charge on any atom is -0.493 e. The van der Waals surface area contributed by atoms with Crippen molar-refractivity contribution in [1.29, 1.82) is 0 Å². The van der Waals surface area contributed by atoms with Gasteiger partial charge < -0.3 is 19.4 Å². The van der Waals surface area contributed by atoms with E-state index in [-0.39, 0.29) is 6.04 Å². The third-order valence-corrected chi connectivity index (χ3v) is 4.80. The highest BCUT2D eigenvalue weighted by molar-refractivity contribution is 9.10. The summed E-state index contributed by atoms with van der Waals surface area (Å²) in [6.07, 6.45) is 2.19. The lowest BCUT2D eigenvalue weighted by Crippen LogP contribution is -2.21. The molecule has 1 aliphatic rings. The Hall–Kier alpha value is -1.60. The Labute approximate surface area is 150 Å². The molecule has 0 aliphatic carbocycles. The first kappa shape index (κ1) is 17.2. The Morgan fingerprint density at radius 3 is 2.96 bits per heavy atom. The minimum atomic E-state index is 0.140. The maximum atomic E-state index is 5.63. The topological polar surface area (TPSA) is 61.2 Å². The minimum absolute atomic E-state index is 0.140. The Kier molecular flexibility index (Phi) is 5.40. The van der Waals surface area contributed by atoms with Crippen molar-refractivity contribution in [2.24, 2.45) is 0 Å². The predicted molar refractivity (Wildman–Crippen MR) is 95.5 cm³/mol. The van der Waals surface area contributed by atoms with Crippen LogP contribution in [0.2, 0.25) is 0 Å². The van der Waals surface area contributed by atoms with Crippen LogP contribution in [0.15, 0.2) is 16.6 Å². The third-order valence-electron chi connectivity index (χ3n) is 4.22. The van der Waals surface area contributed by atoms with Crippen molar-refractivity contribution in [3.8, 4) is 11.5 Å². The summed E-state index contributed by atoms with van der Waals surface area (Å²) in [6, 6.07) is 4.20. The summed E-state index contributed by atoms with van der Waals surface area (Å²) in [5.41, 5.74) is 1.12. The predicted octanol–water partition coefficient (Wildman–Crippen LogP) is 3.24. The number of methoxy groups -OCH3 is 1. The molecule has 1 atom stereocenters. The largest absolute Gasteiger partial charge is 0.493 e. The van der Waals surface area contributed by atoms with Crippen LogP contribution in [0.1, 0.15) is 43.5 Å². The van der Waals surface area contributed by atoms with Crippen molar-refractivity contribution in [2.45, 2.75) is 45.8 Å². The number of fused-ring (bicyclic) bond motifs is 1. The number of hydrogen-bond donors (Lipinski definition) is 1. The van der Waals surface area contributed by atoms with Gasteiger partial charge in [-0.25, -0.2) is 0 Å². The fraction of sp³-hybridized carbons (Fsp3) is 0.529. The number of aryl methyl sites for hydroxylation is 1. The number of ether oxygens (including phenoxy) is 2. The fourth-order valence-electron chi connectivity index (χ4n) is 3.02. The molecule has 1 aromatic carbocycles. The van der Waals surface area contributed by atoms with Crippen LogP contribution in [0, 0.1) is 0 Å². The van der Waals surface area contributed by atoms with Crippen LogP contribution in [0.5, 0.6) is 11.5 Å². The van der Waals surface area contributed by atoms with Crippen LogP contribution < -0.4 is 14.8 Å². The van der Waals surface area contributed by atoms with Gasteiger partial charge in [0.1, 0.15) is 11.6 Å². The van der Waals surface area contributed by atoms with E-state index in [2.05, 4.69) is 49.0 Å². The first-order valence-electron chi connectivity index (χ1n) is 8.28. The molecule has 24 heavy (non-hydrogen) atoms. The number of nitrogens with one attached hydrogen (secondary N) is 1. The first-order valence-corrected chi connectivity index (χ1v) is 9.07. The molecule has 1 aromatic heterocycles. The molecule has 2 heterocycles. The van der Waals surface area contributed by atoms with E-state index in [1.54, 1.807) is 7.11 Å². The number of halogens is 1. The van der Waals surface area contributed by atoms with Crippen molar-refractivity contribution in [2.75, 3.05) is 13.7 Å². The van der Waals surface area contributed by atoms with E-state index < -0.39 is 0 Å². The molecular weight excluding hydrogens is 372 g/mol. The van der Waals surface area contributed by atoms with Gasteiger partial charge in [0.05, 0.1) is 24.2 Å².